The Labute approximate surface area is 108 Å². The molecule has 2 rings (SSSR count). The molecule has 1 fully saturated rings. The zero-order chi connectivity index (χ0) is 13.3. The maximum absolute atomic E-state index is 13.2. The second kappa shape index (κ2) is 4.96. The molecule has 18 heavy (non-hydrogen) atoms. The molecule has 2 atom stereocenters. The first kappa shape index (κ1) is 13.5. The van der Waals surface area contributed by atoms with E-state index in [0.717, 1.165) is 31.0 Å². The summed E-state index contributed by atoms with van der Waals surface area (Å²) >= 11 is 0. The average Bonchev–Trinajstić information content (AvgIpc) is 2.26. The van der Waals surface area contributed by atoms with Crippen LogP contribution in [0.2, 0.25) is 0 Å². The molecule has 0 aliphatic heterocycles. The molecule has 0 aromatic heterocycles. The molecular weight excluding hydrogens is 232 g/mol. The van der Waals surface area contributed by atoms with Crippen molar-refractivity contribution in [2.75, 3.05) is 6.54 Å². The third-order valence-electron chi connectivity index (χ3n) is 4.20. The molecule has 3 heteroatoms. The topological polar surface area (TPSA) is 12.0 Å². The quantitative estimate of drug-likeness (QED) is 0.859. The van der Waals surface area contributed by atoms with Gasteiger partial charge in [0.25, 0.3) is 0 Å². The van der Waals surface area contributed by atoms with E-state index in [0.29, 0.717) is 6.04 Å². The second-order valence-electron chi connectivity index (χ2n) is 5.82. The largest absolute Gasteiger partial charge is 0.313 e. The fourth-order valence-electron chi connectivity index (χ4n) is 2.93. The zero-order valence-electron chi connectivity index (χ0n) is 11.3. The number of rotatable bonds is 4. The molecule has 1 aromatic carbocycles. The van der Waals surface area contributed by atoms with Gasteiger partial charge in [-0.25, -0.2) is 8.78 Å². The van der Waals surface area contributed by atoms with E-state index in [9.17, 15) is 8.78 Å². The van der Waals surface area contributed by atoms with Crippen molar-refractivity contribution in [2.24, 2.45) is 5.41 Å². The molecule has 0 radical (unpaired) electrons. The van der Waals surface area contributed by atoms with E-state index in [1.54, 1.807) is 0 Å². The Morgan fingerprint density at radius 2 is 1.83 bits per heavy atom. The minimum atomic E-state index is -0.481. The monoisotopic (exact) mass is 253 g/mol. The van der Waals surface area contributed by atoms with Gasteiger partial charge in [-0.15, -0.1) is 0 Å². The maximum Gasteiger partial charge on any atom is 0.126 e. The van der Waals surface area contributed by atoms with E-state index in [1.165, 1.54) is 12.1 Å². The lowest BCUT2D eigenvalue weighted by Gasteiger charge is -2.53. The van der Waals surface area contributed by atoms with Crippen LogP contribution in [0.25, 0.3) is 0 Å². The van der Waals surface area contributed by atoms with Crippen LogP contribution in [0.3, 0.4) is 0 Å². The van der Waals surface area contributed by atoms with Crippen molar-refractivity contribution in [3.05, 3.63) is 35.4 Å². The summed E-state index contributed by atoms with van der Waals surface area (Å²) in [5.74, 6) is -0.728. The Bertz CT molecular complexity index is 408. The highest BCUT2D eigenvalue weighted by atomic mass is 19.1. The summed E-state index contributed by atoms with van der Waals surface area (Å²) in [7, 11) is 0. The van der Waals surface area contributed by atoms with Crippen LogP contribution in [0.15, 0.2) is 18.2 Å². The summed E-state index contributed by atoms with van der Waals surface area (Å²) in [5, 5.41) is 3.50. The standard InChI is InChI=1S/C15H21F2N/c1-4-5-18-14-9-13(15(14,2)3)10-6-11(16)8-12(17)7-10/h6-8,13-14,18H,4-5,9H2,1-3H3. The van der Waals surface area contributed by atoms with Crippen molar-refractivity contribution >= 4 is 0 Å². The van der Waals surface area contributed by atoms with Crippen molar-refractivity contribution in [3.63, 3.8) is 0 Å². The number of nitrogens with one attached hydrogen (secondary N) is 1. The Balaban J connectivity index is 2.12. The molecule has 1 aliphatic rings. The van der Waals surface area contributed by atoms with Crippen molar-refractivity contribution in [1.82, 2.24) is 5.32 Å². The van der Waals surface area contributed by atoms with Gasteiger partial charge in [0.2, 0.25) is 0 Å². The van der Waals surface area contributed by atoms with Crippen molar-refractivity contribution in [1.29, 1.82) is 0 Å². The smallest absolute Gasteiger partial charge is 0.126 e. The van der Waals surface area contributed by atoms with Gasteiger partial charge in [-0.2, -0.15) is 0 Å². The third-order valence-corrected chi connectivity index (χ3v) is 4.20. The zero-order valence-corrected chi connectivity index (χ0v) is 11.3. The molecule has 0 bridgehead atoms. The van der Waals surface area contributed by atoms with Gasteiger partial charge in [-0.1, -0.05) is 20.8 Å². The van der Waals surface area contributed by atoms with E-state index in [1.807, 2.05) is 0 Å². The van der Waals surface area contributed by atoms with E-state index >= 15 is 0 Å². The predicted molar refractivity (Wildman–Crippen MR) is 69.6 cm³/mol. The predicted octanol–water partition coefficient (Wildman–Crippen LogP) is 3.85. The van der Waals surface area contributed by atoms with Crippen LogP contribution in [0.4, 0.5) is 8.78 Å². The van der Waals surface area contributed by atoms with Crippen LogP contribution >= 0.6 is 0 Å². The molecule has 1 saturated carbocycles. The molecule has 100 valence electrons. The number of benzene rings is 1. The highest BCUT2D eigenvalue weighted by Gasteiger charge is 2.48. The summed E-state index contributed by atoms with van der Waals surface area (Å²) in [5.41, 5.74) is 0.835. The van der Waals surface area contributed by atoms with E-state index < -0.39 is 11.6 Å². The Hall–Kier alpha value is -0.960. The molecule has 0 amide bonds. The molecule has 1 N–H and O–H groups in total. The van der Waals surface area contributed by atoms with Gasteiger partial charge >= 0.3 is 0 Å². The SMILES string of the molecule is CCCNC1CC(c2cc(F)cc(F)c2)C1(C)C. The van der Waals surface area contributed by atoms with Gasteiger partial charge in [0.05, 0.1) is 0 Å². The molecule has 1 aliphatic carbocycles. The lowest BCUT2D eigenvalue weighted by Crippen LogP contribution is -2.55. The first-order valence-corrected chi connectivity index (χ1v) is 6.64. The van der Waals surface area contributed by atoms with Crippen LogP contribution in [-0.4, -0.2) is 12.6 Å². The molecule has 0 saturated heterocycles. The van der Waals surface area contributed by atoms with Crippen LogP contribution < -0.4 is 5.32 Å². The highest BCUT2D eigenvalue weighted by Crippen LogP contribution is 2.52. The van der Waals surface area contributed by atoms with Crippen molar-refractivity contribution in [3.8, 4) is 0 Å². The third kappa shape index (κ3) is 2.41. The molecule has 0 spiro atoms. The van der Waals surface area contributed by atoms with Crippen LogP contribution in [-0.2, 0) is 0 Å². The molecule has 1 nitrogen and oxygen atoms in total. The summed E-state index contributed by atoms with van der Waals surface area (Å²) in [6, 6.07) is 4.30. The Morgan fingerprint density at radius 3 is 2.33 bits per heavy atom. The average molecular weight is 253 g/mol. The molecular formula is C15H21F2N. The highest BCUT2D eigenvalue weighted by molar-refractivity contribution is 5.28. The summed E-state index contributed by atoms with van der Waals surface area (Å²) in [6.07, 6.45) is 2.06. The maximum atomic E-state index is 13.2. The fourth-order valence-corrected chi connectivity index (χ4v) is 2.93. The lowest BCUT2D eigenvalue weighted by molar-refractivity contribution is 0.0691. The van der Waals surface area contributed by atoms with Crippen LogP contribution in [0, 0.1) is 17.0 Å². The van der Waals surface area contributed by atoms with Gasteiger partial charge in [0, 0.05) is 12.1 Å². The molecule has 2 unspecified atom stereocenters. The van der Waals surface area contributed by atoms with Gasteiger partial charge in [0.15, 0.2) is 0 Å². The first-order chi connectivity index (χ1) is 8.45. The van der Waals surface area contributed by atoms with E-state index in [2.05, 4.69) is 26.1 Å². The summed E-state index contributed by atoms with van der Waals surface area (Å²) in [6.45, 7) is 7.46. The van der Waals surface area contributed by atoms with E-state index in [-0.39, 0.29) is 11.3 Å². The Morgan fingerprint density at radius 1 is 1.22 bits per heavy atom. The fraction of sp³-hybridized carbons (Fsp3) is 0.600. The minimum Gasteiger partial charge on any atom is -0.313 e. The number of hydrogen-bond acceptors (Lipinski definition) is 1. The van der Waals surface area contributed by atoms with Gasteiger partial charge < -0.3 is 5.32 Å². The molecule has 0 heterocycles. The summed E-state index contributed by atoms with van der Waals surface area (Å²) < 4.78 is 26.5. The number of hydrogen-bond donors (Lipinski definition) is 1. The van der Waals surface area contributed by atoms with E-state index in [4.69, 9.17) is 0 Å². The minimum absolute atomic E-state index is 0.0510. The van der Waals surface area contributed by atoms with Crippen LogP contribution in [0.5, 0.6) is 0 Å². The molecule has 1 aromatic rings. The number of halogens is 2. The van der Waals surface area contributed by atoms with Gasteiger partial charge in [-0.3, -0.25) is 0 Å². The Kier molecular flexibility index (Phi) is 3.71. The normalized spacial score (nSPS) is 25.8. The lowest BCUT2D eigenvalue weighted by atomic mass is 9.56. The van der Waals surface area contributed by atoms with Crippen molar-refractivity contribution in [2.45, 2.75) is 45.6 Å². The second-order valence-corrected chi connectivity index (χ2v) is 5.82. The summed E-state index contributed by atoms with van der Waals surface area (Å²) in [4.78, 5) is 0. The van der Waals surface area contributed by atoms with Gasteiger partial charge in [-0.05, 0) is 48.4 Å². The van der Waals surface area contributed by atoms with Crippen molar-refractivity contribution < 1.29 is 8.78 Å². The van der Waals surface area contributed by atoms with Crippen LogP contribution in [0.1, 0.15) is 45.1 Å². The van der Waals surface area contributed by atoms with Gasteiger partial charge in [0.1, 0.15) is 11.6 Å². The first-order valence-electron chi connectivity index (χ1n) is 6.64.